The van der Waals surface area contributed by atoms with Crippen molar-refractivity contribution in [2.45, 2.75) is 8.37 Å². The molecule has 0 rings (SSSR count). The fraction of sp³-hybridized carbons (Fsp3) is 0.750. The molecule has 0 aliphatic carbocycles. The van der Waals surface area contributed by atoms with E-state index in [1.54, 1.807) is 0 Å². The van der Waals surface area contributed by atoms with Gasteiger partial charge in [-0.1, -0.05) is 47.8 Å². The molecule has 0 saturated heterocycles. The van der Waals surface area contributed by atoms with Crippen LogP contribution in [0.2, 0.25) is 0 Å². The summed E-state index contributed by atoms with van der Waals surface area (Å²) < 4.78 is -0.889. The normalized spacial score (nSPS) is 13.9. The van der Waals surface area contributed by atoms with Crippen LogP contribution in [0.1, 0.15) is 0 Å². The van der Waals surface area contributed by atoms with Crippen molar-refractivity contribution >= 4 is 53.8 Å². The molecule has 0 aliphatic heterocycles. The topological polar surface area (TPSA) is 61.4 Å². The average molecular weight is 355 g/mol. The Balaban J connectivity index is 3.87. The number of aliphatic hydroxyl groups is 1. The van der Waals surface area contributed by atoms with E-state index in [9.17, 15) is 9.90 Å². The van der Waals surface area contributed by atoms with E-state index >= 15 is 0 Å². The van der Waals surface area contributed by atoms with Crippen molar-refractivity contribution in [1.29, 1.82) is 0 Å². The molecule has 4 nitrogen and oxygen atoms in total. The van der Waals surface area contributed by atoms with Crippen molar-refractivity contribution < 1.29 is 9.90 Å². The highest BCUT2D eigenvalue weighted by atomic mass is 80.0. The SMILES string of the molecule is CNC(=O)NC(O)C(Br)(Br)Br. The molecule has 0 heterocycles. The number of hydrogen-bond donors (Lipinski definition) is 3. The summed E-state index contributed by atoms with van der Waals surface area (Å²) in [7, 11) is 1.46. The summed E-state index contributed by atoms with van der Waals surface area (Å²) in [6.07, 6.45) is -1.07. The molecule has 0 bridgehead atoms. The predicted octanol–water partition coefficient (Wildman–Crippen LogP) is 1.07. The van der Waals surface area contributed by atoms with Crippen LogP contribution in [0.4, 0.5) is 4.79 Å². The molecule has 0 spiro atoms. The van der Waals surface area contributed by atoms with Gasteiger partial charge in [0.1, 0.15) is 0 Å². The Hall–Kier alpha value is 0.670. The molecule has 2 amide bonds. The molecule has 11 heavy (non-hydrogen) atoms. The second kappa shape index (κ2) is 4.64. The van der Waals surface area contributed by atoms with E-state index in [1.165, 1.54) is 7.05 Å². The van der Waals surface area contributed by atoms with Gasteiger partial charge in [0.2, 0.25) is 0 Å². The number of urea groups is 1. The summed E-state index contributed by atoms with van der Waals surface area (Å²) in [5.74, 6) is 0. The van der Waals surface area contributed by atoms with Gasteiger partial charge in [0.15, 0.2) is 8.37 Å². The third-order valence-electron chi connectivity index (χ3n) is 0.805. The van der Waals surface area contributed by atoms with E-state index < -0.39 is 14.4 Å². The van der Waals surface area contributed by atoms with Crippen molar-refractivity contribution in [3.05, 3.63) is 0 Å². The highest BCUT2D eigenvalue weighted by molar-refractivity contribution is 9.39. The fourth-order valence-corrected chi connectivity index (χ4v) is 0.622. The molecule has 0 aliphatic rings. The molecule has 1 unspecified atom stereocenters. The van der Waals surface area contributed by atoms with Crippen LogP contribution in [0.15, 0.2) is 0 Å². The van der Waals surface area contributed by atoms with Crippen LogP contribution in [-0.4, -0.2) is 26.6 Å². The monoisotopic (exact) mass is 352 g/mol. The largest absolute Gasteiger partial charge is 0.370 e. The zero-order valence-corrected chi connectivity index (χ0v) is 10.3. The van der Waals surface area contributed by atoms with Crippen LogP contribution < -0.4 is 10.6 Å². The van der Waals surface area contributed by atoms with Gasteiger partial charge in [0.05, 0.1) is 0 Å². The number of nitrogens with one attached hydrogen (secondary N) is 2. The molecule has 3 N–H and O–H groups in total. The lowest BCUT2D eigenvalue weighted by atomic mass is 10.6. The van der Waals surface area contributed by atoms with E-state index in [1.807, 2.05) is 0 Å². The van der Waals surface area contributed by atoms with Crippen molar-refractivity contribution in [2.75, 3.05) is 7.05 Å². The summed E-state index contributed by atoms with van der Waals surface area (Å²) in [5.41, 5.74) is 0. The van der Waals surface area contributed by atoms with E-state index in [4.69, 9.17) is 0 Å². The molecule has 0 fully saturated rings. The van der Waals surface area contributed by atoms with E-state index in [0.717, 1.165) is 0 Å². The highest BCUT2D eigenvalue weighted by Crippen LogP contribution is 2.35. The van der Waals surface area contributed by atoms with Crippen LogP contribution >= 0.6 is 47.8 Å². The smallest absolute Gasteiger partial charge is 0.316 e. The van der Waals surface area contributed by atoms with E-state index in [2.05, 4.69) is 58.4 Å². The van der Waals surface area contributed by atoms with Gasteiger partial charge in [-0.3, -0.25) is 0 Å². The minimum absolute atomic E-state index is 0.458. The molecule has 0 aromatic rings. The second-order valence-electron chi connectivity index (χ2n) is 1.67. The first-order valence-electron chi connectivity index (χ1n) is 2.61. The Kier molecular flexibility index (Phi) is 4.92. The van der Waals surface area contributed by atoms with Gasteiger partial charge in [0.25, 0.3) is 0 Å². The van der Waals surface area contributed by atoms with E-state index in [0.29, 0.717) is 0 Å². The fourth-order valence-electron chi connectivity index (χ4n) is 0.278. The van der Waals surface area contributed by atoms with Gasteiger partial charge in [-0.25, -0.2) is 4.79 Å². The van der Waals surface area contributed by atoms with Crippen molar-refractivity contribution in [1.82, 2.24) is 10.6 Å². The summed E-state index contributed by atoms with van der Waals surface area (Å²) in [4.78, 5) is 10.6. The first-order chi connectivity index (χ1) is 4.88. The quantitative estimate of drug-likeness (QED) is 0.487. The third kappa shape index (κ3) is 5.00. The van der Waals surface area contributed by atoms with Crippen molar-refractivity contribution in [3.8, 4) is 0 Å². The molecule has 0 saturated carbocycles. The summed E-state index contributed by atoms with van der Waals surface area (Å²) in [5, 5.41) is 13.7. The number of carbonyl (C=O) groups excluding carboxylic acids is 1. The number of alkyl halides is 3. The van der Waals surface area contributed by atoms with Crippen LogP contribution in [0.5, 0.6) is 0 Å². The van der Waals surface area contributed by atoms with Crippen molar-refractivity contribution in [3.63, 3.8) is 0 Å². The molecule has 0 aromatic carbocycles. The molecule has 66 valence electrons. The van der Waals surface area contributed by atoms with Crippen molar-refractivity contribution in [2.24, 2.45) is 0 Å². The van der Waals surface area contributed by atoms with Gasteiger partial charge in [0, 0.05) is 7.05 Å². The highest BCUT2D eigenvalue weighted by Gasteiger charge is 2.29. The molecule has 0 aromatic heterocycles. The Morgan fingerprint density at radius 2 is 2.00 bits per heavy atom. The number of rotatable bonds is 1. The van der Waals surface area contributed by atoms with Gasteiger partial charge in [-0.2, -0.15) is 0 Å². The standard InChI is InChI=1S/C4H7Br3N2O2/c1-8-3(11)9-2(10)4(5,6)7/h2,10H,1H3,(H2,8,9,11). The predicted molar refractivity (Wildman–Crippen MR) is 53.1 cm³/mol. The zero-order chi connectivity index (χ0) is 9.07. The molecular formula is C4H7Br3N2O2. The molecule has 1 atom stereocenters. The lowest BCUT2D eigenvalue weighted by molar-refractivity contribution is 0.153. The Morgan fingerprint density at radius 1 is 1.55 bits per heavy atom. The third-order valence-corrected chi connectivity index (χ3v) is 2.11. The van der Waals surface area contributed by atoms with E-state index in [-0.39, 0.29) is 0 Å². The Bertz CT molecular complexity index is 147. The Morgan fingerprint density at radius 3 is 2.27 bits per heavy atom. The summed E-state index contributed by atoms with van der Waals surface area (Å²) >= 11 is 9.13. The molecular weight excluding hydrogens is 348 g/mol. The lowest BCUT2D eigenvalue weighted by Crippen LogP contribution is -2.46. The van der Waals surface area contributed by atoms with Crippen LogP contribution in [0.3, 0.4) is 0 Å². The van der Waals surface area contributed by atoms with Gasteiger partial charge >= 0.3 is 6.03 Å². The lowest BCUT2D eigenvalue weighted by Gasteiger charge is -2.20. The van der Waals surface area contributed by atoms with Gasteiger partial charge in [-0.15, -0.1) is 0 Å². The molecule has 7 heteroatoms. The number of aliphatic hydroxyl groups excluding tert-OH is 1. The summed E-state index contributed by atoms with van der Waals surface area (Å²) in [6.45, 7) is 0. The maximum Gasteiger partial charge on any atom is 0.316 e. The minimum atomic E-state index is -1.07. The number of halogens is 3. The van der Waals surface area contributed by atoms with Crippen LogP contribution in [-0.2, 0) is 0 Å². The number of hydrogen-bond acceptors (Lipinski definition) is 2. The van der Waals surface area contributed by atoms with Gasteiger partial charge in [-0.05, 0) is 0 Å². The number of amides is 2. The average Bonchev–Trinajstić information content (AvgIpc) is 1.85. The van der Waals surface area contributed by atoms with Crippen LogP contribution in [0.25, 0.3) is 0 Å². The zero-order valence-electron chi connectivity index (χ0n) is 5.57. The summed E-state index contributed by atoms with van der Waals surface area (Å²) in [6, 6.07) is -0.458. The first-order valence-corrected chi connectivity index (χ1v) is 4.99. The Labute approximate surface area is 89.5 Å². The maximum absolute atomic E-state index is 10.6. The molecule has 0 radical (unpaired) electrons. The second-order valence-corrected chi connectivity index (χ2v) is 8.61. The minimum Gasteiger partial charge on any atom is -0.370 e. The maximum atomic E-state index is 10.6. The van der Waals surface area contributed by atoms with Gasteiger partial charge < -0.3 is 15.7 Å². The first kappa shape index (κ1) is 11.7. The van der Waals surface area contributed by atoms with Crippen LogP contribution in [0, 0.1) is 0 Å². The number of carbonyl (C=O) groups is 1.